The molecule has 1 heterocycles. The highest BCUT2D eigenvalue weighted by atomic mass is 19.1. The van der Waals surface area contributed by atoms with Crippen molar-refractivity contribution >= 4 is 17.5 Å². The number of hydrogen-bond donors (Lipinski definition) is 3. The molecule has 3 N–H and O–H groups in total. The number of nitrogens with one attached hydrogen (secondary N) is 3. The van der Waals surface area contributed by atoms with Crippen LogP contribution in [0.3, 0.4) is 0 Å². The smallest absolute Gasteiger partial charge is 0.246 e. The first-order chi connectivity index (χ1) is 16.9. The van der Waals surface area contributed by atoms with E-state index >= 15 is 0 Å². The number of halogens is 2. The lowest BCUT2D eigenvalue weighted by molar-refractivity contribution is -0.124. The SMILES string of the molecule is CNC(C)C(=O)NC(CN1Cc2ccccc2C1C(=O)Nc1c(F)cccc1F)C1CCCCC1. The van der Waals surface area contributed by atoms with Crippen molar-refractivity contribution in [2.24, 2.45) is 5.92 Å². The summed E-state index contributed by atoms with van der Waals surface area (Å²) in [7, 11) is 1.75. The predicted molar refractivity (Wildman–Crippen MR) is 132 cm³/mol. The molecule has 0 spiro atoms. The Hall–Kier alpha value is -2.84. The molecule has 2 aromatic carbocycles. The van der Waals surface area contributed by atoms with Crippen molar-refractivity contribution in [3.63, 3.8) is 0 Å². The molecular formula is C27H34F2N4O2. The molecule has 2 amide bonds. The second-order valence-electron chi connectivity index (χ2n) is 9.64. The van der Waals surface area contributed by atoms with Crippen molar-refractivity contribution in [3.8, 4) is 0 Å². The van der Waals surface area contributed by atoms with Crippen LogP contribution in [0.4, 0.5) is 14.5 Å². The summed E-state index contributed by atoms with van der Waals surface area (Å²) in [5.74, 6) is -1.88. The van der Waals surface area contributed by atoms with E-state index in [0.29, 0.717) is 19.0 Å². The van der Waals surface area contributed by atoms with Gasteiger partial charge in [0, 0.05) is 19.1 Å². The van der Waals surface area contributed by atoms with E-state index in [0.717, 1.165) is 48.9 Å². The van der Waals surface area contributed by atoms with Gasteiger partial charge in [-0.05, 0) is 56.0 Å². The van der Waals surface area contributed by atoms with Gasteiger partial charge in [-0.2, -0.15) is 0 Å². The number of para-hydroxylation sites is 1. The van der Waals surface area contributed by atoms with E-state index in [1.165, 1.54) is 12.5 Å². The van der Waals surface area contributed by atoms with Crippen LogP contribution in [0.5, 0.6) is 0 Å². The molecule has 1 aliphatic heterocycles. The first-order valence-corrected chi connectivity index (χ1v) is 12.4. The molecule has 35 heavy (non-hydrogen) atoms. The molecule has 1 fully saturated rings. The Morgan fingerprint density at radius 1 is 1.03 bits per heavy atom. The molecule has 0 bridgehead atoms. The Kier molecular flexibility index (Phi) is 8.13. The van der Waals surface area contributed by atoms with Crippen LogP contribution >= 0.6 is 0 Å². The van der Waals surface area contributed by atoms with Crippen molar-refractivity contribution in [1.82, 2.24) is 15.5 Å². The maximum atomic E-state index is 14.3. The highest BCUT2D eigenvalue weighted by Gasteiger charge is 2.39. The zero-order valence-electron chi connectivity index (χ0n) is 20.3. The summed E-state index contributed by atoms with van der Waals surface area (Å²) < 4.78 is 28.5. The number of nitrogens with zero attached hydrogens (tertiary/aromatic N) is 1. The zero-order valence-corrected chi connectivity index (χ0v) is 20.3. The summed E-state index contributed by atoms with van der Waals surface area (Å²) in [5, 5.41) is 8.69. The van der Waals surface area contributed by atoms with Crippen LogP contribution in [-0.2, 0) is 16.1 Å². The maximum absolute atomic E-state index is 14.3. The van der Waals surface area contributed by atoms with Crippen LogP contribution in [0.2, 0.25) is 0 Å². The van der Waals surface area contributed by atoms with Crippen LogP contribution in [0.15, 0.2) is 42.5 Å². The average molecular weight is 485 g/mol. The van der Waals surface area contributed by atoms with E-state index in [-0.39, 0.29) is 18.0 Å². The Bertz CT molecular complexity index is 1040. The molecule has 6 nitrogen and oxygen atoms in total. The first kappa shape index (κ1) is 25.3. The molecular weight excluding hydrogens is 450 g/mol. The molecule has 2 aromatic rings. The quantitative estimate of drug-likeness (QED) is 0.527. The summed E-state index contributed by atoms with van der Waals surface area (Å²) >= 11 is 0. The maximum Gasteiger partial charge on any atom is 0.246 e. The van der Waals surface area contributed by atoms with E-state index in [2.05, 4.69) is 16.0 Å². The van der Waals surface area contributed by atoms with Crippen molar-refractivity contribution in [3.05, 3.63) is 65.2 Å². The lowest BCUT2D eigenvalue weighted by Gasteiger charge is -2.36. The second-order valence-corrected chi connectivity index (χ2v) is 9.64. The highest BCUT2D eigenvalue weighted by molar-refractivity contribution is 5.96. The molecule has 8 heteroatoms. The number of hydrogen-bond acceptors (Lipinski definition) is 4. The van der Waals surface area contributed by atoms with Crippen LogP contribution in [0.1, 0.15) is 56.2 Å². The van der Waals surface area contributed by atoms with Gasteiger partial charge >= 0.3 is 0 Å². The van der Waals surface area contributed by atoms with Gasteiger partial charge in [0.15, 0.2) is 0 Å². The van der Waals surface area contributed by atoms with Crippen LogP contribution in [0, 0.1) is 17.6 Å². The molecule has 1 aliphatic carbocycles. The number of fused-ring (bicyclic) bond motifs is 1. The van der Waals surface area contributed by atoms with Crippen LogP contribution in [-0.4, -0.2) is 42.4 Å². The number of carbonyl (C=O) groups is 2. The van der Waals surface area contributed by atoms with Crippen molar-refractivity contribution in [2.75, 3.05) is 18.9 Å². The van der Waals surface area contributed by atoms with Gasteiger partial charge in [0.2, 0.25) is 11.8 Å². The van der Waals surface area contributed by atoms with Gasteiger partial charge in [0.1, 0.15) is 23.4 Å². The third kappa shape index (κ3) is 5.70. The van der Waals surface area contributed by atoms with Gasteiger partial charge in [0.05, 0.1) is 6.04 Å². The Balaban J connectivity index is 1.60. The Labute approximate surface area is 205 Å². The third-order valence-corrected chi connectivity index (χ3v) is 7.35. The lowest BCUT2D eigenvalue weighted by Crippen LogP contribution is -2.53. The number of benzene rings is 2. The summed E-state index contributed by atoms with van der Waals surface area (Å²) in [6, 6.07) is 9.96. The number of carbonyl (C=O) groups excluding carboxylic acids is 2. The van der Waals surface area contributed by atoms with E-state index in [1.54, 1.807) is 7.05 Å². The molecule has 0 saturated heterocycles. The van der Waals surface area contributed by atoms with Gasteiger partial charge in [-0.15, -0.1) is 0 Å². The molecule has 0 radical (unpaired) electrons. The second kappa shape index (κ2) is 11.3. The van der Waals surface area contributed by atoms with E-state index in [9.17, 15) is 18.4 Å². The van der Waals surface area contributed by atoms with Crippen molar-refractivity contribution in [2.45, 2.75) is 63.7 Å². The Morgan fingerprint density at radius 2 is 1.71 bits per heavy atom. The standard InChI is InChI=1S/C27H34F2N4O2/c1-17(30-2)26(34)31-23(18-9-4-3-5-10-18)16-33-15-19-11-6-7-12-20(19)25(33)27(35)32-24-21(28)13-8-14-22(24)29/h6-8,11-14,17-18,23,25,30H,3-5,9-10,15-16H2,1-2H3,(H,31,34)(H,32,35). The van der Waals surface area contributed by atoms with Crippen molar-refractivity contribution in [1.29, 1.82) is 0 Å². The van der Waals surface area contributed by atoms with E-state index in [4.69, 9.17) is 0 Å². The number of amides is 2. The first-order valence-electron chi connectivity index (χ1n) is 12.4. The fraction of sp³-hybridized carbons (Fsp3) is 0.481. The fourth-order valence-corrected chi connectivity index (χ4v) is 5.28. The van der Waals surface area contributed by atoms with E-state index < -0.39 is 29.3 Å². The topological polar surface area (TPSA) is 73.5 Å². The monoisotopic (exact) mass is 484 g/mol. The summed E-state index contributed by atoms with van der Waals surface area (Å²) in [4.78, 5) is 28.3. The minimum atomic E-state index is -0.815. The average Bonchev–Trinajstić information content (AvgIpc) is 3.23. The van der Waals surface area contributed by atoms with Gasteiger partial charge in [-0.3, -0.25) is 14.5 Å². The molecule has 2 aliphatic rings. The molecule has 3 unspecified atom stereocenters. The number of rotatable bonds is 8. The zero-order chi connectivity index (χ0) is 24.9. The van der Waals surface area contributed by atoms with Crippen LogP contribution in [0.25, 0.3) is 0 Å². The minimum Gasteiger partial charge on any atom is -0.350 e. The van der Waals surface area contributed by atoms with E-state index in [1.807, 2.05) is 36.1 Å². The lowest BCUT2D eigenvalue weighted by atomic mass is 9.83. The highest BCUT2D eigenvalue weighted by Crippen LogP contribution is 2.36. The van der Waals surface area contributed by atoms with Gasteiger partial charge < -0.3 is 16.0 Å². The largest absolute Gasteiger partial charge is 0.350 e. The molecule has 188 valence electrons. The predicted octanol–water partition coefficient (Wildman–Crippen LogP) is 4.13. The summed E-state index contributed by atoms with van der Waals surface area (Å²) in [5.41, 5.74) is 1.37. The fourth-order valence-electron chi connectivity index (χ4n) is 5.28. The molecule has 3 atom stereocenters. The van der Waals surface area contributed by atoms with Crippen molar-refractivity contribution < 1.29 is 18.4 Å². The molecule has 0 aromatic heterocycles. The summed E-state index contributed by atoms with van der Waals surface area (Å²) in [6.45, 7) is 2.81. The third-order valence-electron chi connectivity index (χ3n) is 7.35. The van der Waals surface area contributed by atoms with Gasteiger partial charge in [-0.25, -0.2) is 8.78 Å². The number of anilines is 1. The van der Waals surface area contributed by atoms with Crippen LogP contribution < -0.4 is 16.0 Å². The van der Waals surface area contributed by atoms with Gasteiger partial charge in [0.25, 0.3) is 0 Å². The molecule has 1 saturated carbocycles. The molecule has 4 rings (SSSR count). The minimum absolute atomic E-state index is 0.0748. The van der Waals surface area contributed by atoms with Gasteiger partial charge in [-0.1, -0.05) is 49.6 Å². The Morgan fingerprint density at radius 3 is 2.40 bits per heavy atom. The normalized spacial score (nSPS) is 20.2. The number of likely N-dealkylation sites (N-methyl/N-ethyl adjacent to an activating group) is 1. The summed E-state index contributed by atoms with van der Waals surface area (Å²) in [6.07, 6.45) is 5.48.